The lowest BCUT2D eigenvalue weighted by Gasteiger charge is -2.42. The number of piperazine rings is 1. The molecular weight excluding hydrogens is 419 g/mol. The lowest BCUT2D eigenvalue weighted by atomic mass is 9.85. The van der Waals surface area contributed by atoms with Crippen LogP contribution in [0.2, 0.25) is 0 Å². The number of aromatic nitrogens is 2. The summed E-state index contributed by atoms with van der Waals surface area (Å²) < 4.78 is 44.0. The quantitative estimate of drug-likeness (QED) is 0.690. The molecule has 2 heterocycles. The highest BCUT2D eigenvalue weighted by atomic mass is 19.4. The molecule has 2 aromatic rings. The van der Waals surface area contributed by atoms with Gasteiger partial charge >= 0.3 is 6.18 Å². The van der Waals surface area contributed by atoms with E-state index in [1.165, 1.54) is 0 Å². The molecule has 0 unspecified atom stereocenters. The van der Waals surface area contributed by atoms with Crippen LogP contribution in [0.25, 0.3) is 0 Å². The Hall–Kier alpha value is -2.86. The van der Waals surface area contributed by atoms with E-state index in [9.17, 15) is 13.2 Å². The summed E-state index contributed by atoms with van der Waals surface area (Å²) in [7, 11) is 0. The molecule has 1 aromatic heterocycles. The van der Waals surface area contributed by atoms with E-state index in [1.54, 1.807) is 12.1 Å². The smallest absolute Gasteiger partial charge is 0.419 e. The zero-order valence-corrected chi connectivity index (χ0v) is 17.8. The standard InChI is InChI=1S/C23H26F3N5O/c24-23(25,26)19-14-28-22(29-15-19)31-11-9-30(10-12-31)20-5-1-18(2-6-20)16-32-21-7-3-17(13-27)4-8-21/h3-4,7-8,14-15,18,20H,1-2,5-6,9-12,16H2. The fourth-order valence-corrected chi connectivity index (χ4v) is 4.43. The largest absolute Gasteiger partial charge is 0.493 e. The Morgan fingerprint density at radius 1 is 0.969 bits per heavy atom. The molecule has 4 rings (SSSR count). The highest BCUT2D eigenvalue weighted by Gasteiger charge is 2.32. The third kappa shape index (κ3) is 5.49. The molecule has 2 fully saturated rings. The van der Waals surface area contributed by atoms with Gasteiger partial charge in [0.25, 0.3) is 0 Å². The van der Waals surface area contributed by atoms with Gasteiger partial charge in [-0.15, -0.1) is 0 Å². The summed E-state index contributed by atoms with van der Waals surface area (Å²) in [6, 6.07) is 9.85. The average Bonchev–Trinajstić information content (AvgIpc) is 2.83. The number of rotatable bonds is 5. The van der Waals surface area contributed by atoms with Crippen LogP contribution in [-0.4, -0.2) is 53.7 Å². The topological polar surface area (TPSA) is 65.3 Å². The second-order valence-electron chi connectivity index (χ2n) is 8.41. The highest BCUT2D eigenvalue weighted by molar-refractivity contribution is 5.34. The van der Waals surface area contributed by atoms with Crippen molar-refractivity contribution in [3.8, 4) is 11.8 Å². The molecule has 2 aliphatic rings. The summed E-state index contributed by atoms with van der Waals surface area (Å²) in [6.07, 6.45) is 1.78. The van der Waals surface area contributed by atoms with Crippen LogP contribution in [0.5, 0.6) is 5.75 Å². The molecule has 1 aliphatic heterocycles. The fraction of sp³-hybridized carbons (Fsp3) is 0.522. The van der Waals surface area contributed by atoms with Crippen LogP contribution in [0.4, 0.5) is 19.1 Å². The van der Waals surface area contributed by atoms with Gasteiger partial charge in [-0.3, -0.25) is 4.90 Å². The third-order valence-electron chi connectivity index (χ3n) is 6.36. The summed E-state index contributed by atoms with van der Waals surface area (Å²) in [5.41, 5.74) is -0.192. The van der Waals surface area contributed by atoms with Crippen molar-refractivity contribution in [2.75, 3.05) is 37.7 Å². The molecule has 32 heavy (non-hydrogen) atoms. The first-order valence-corrected chi connectivity index (χ1v) is 10.9. The van der Waals surface area contributed by atoms with Gasteiger partial charge in [-0.1, -0.05) is 0 Å². The Labute approximate surface area is 185 Å². The predicted octanol–water partition coefficient (Wildman–Crippen LogP) is 4.13. The number of nitrogens with zero attached hydrogens (tertiary/aromatic N) is 5. The van der Waals surface area contributed by atoms with Gasteiger partial charge in [-0.05, 0) is 55.9 Å². The summed E-state index contributed by atoms with van der Waals surface area (Å²) in [4.78, 5) is 12.3. The normalized spacial score (nSPS) is 22.4. The predicted molar refractivity (Wildman–Crippen MR) is 113 cm³/mol. The van der Waals surface area contributed by atoms with Crippen molar-refractivity contribution in [2.24, 2.45) is 5.92 Å². The van der Waals surface area contributed by atoms with E-state index in [-0.39, 0.29) is 0 Å². The molecule has 170 valence electrons. The number of alkyl halides is 3. The number of hydrogen-bond donors (Lipinski definition) is 0. The Bertz CT molecular complexity index is 911. The van der Waals surface area contributed by atoms with Crippen LogP contribution in [-0.2, 0) is 6.18 Å². The van der Waals surface area contributed by atoms with Crippen molar-refractivity contribution >= 4 is 5.95 Å². The monoisotopic (exact) mass is 445 g/mol. The summed E-state index contributed by atoms with van der Waals surface area (Å²) >= 11 is 0. The zero-order valence-electron chi connectivity index (χ0n) is 17.8. The number of ether oxygens (including phenoxy) is 1. The summed E-state index contributed by atoms with van der Waals surface area (Å²) in [5.74, 6) is 1.69. The van der Waals surface area contributed by atoms with Gasteiger partial charge in [0.15, 0.2) is 0 Å². The van der Waals surface area contributed by atoms with Gasteiger partial charge in [0.1, 0.15) is 5.75 Å². The lowest BCUT2D eigenvalue weighted by Crippen LogP contribution is -2.51. The van der Waals surface area contributed by atoms with Crippen LogP contribution in [0.1, 0.15) is 36.8 Å². The maximum atomic E-state index is 12.7. The molecule has 0 spiro atoms. The van der Waals surface area contributed by atoms with Gasteiger partial charge in [-0.2, -0.15) is 18.4 Å². The van der Waals surface area contributed by atoms with Gasteiger partial charge in [-0.25, -0.2) is 9.97 Å². The Morgan fingerprint density at radius 3 is 2.16 bits per heavy atom. The van der Waals surface area contributed by atoms with Crippen LogP contribution >= 0.6 is 0 Å². The third-order valence-corrected chi connectivity index (χ3v) is 6.36. The maximum Gasteiger partial charge on any atom is 0.419 e. The molecule has 1 aliphatic carbocycles. The second kappa shape index (κ2) is 9.74. The molecule has 0 atom stereocenters. The van der Waals surface area contributed by atoms with Gasteiger partial charge in [0.2, 0.25) is 5.95 Å². The number of hydrogen-bond acceptors (Lipinski definition) is 6. The highest BCUT2D eigenvalue weighted by Crippen LogP contribution is 2.30. The van der Waals surface area contributed by atoms with Gasteiger partial charge in [0, 0.05) is 44.6 Å². The van der Waals surface area contributed by atoms with E-state index >= 15 is 0 Å². The van der Waals surface area contributed by atoms with Gasteiger partial charge < -0.3 is 9.64 Å². The first-order valence-electron chi connectivity index (χ1n) is 10.9. The molecule has 0 amide bonds. The van der Waals surface area contributed by atoms with E-state index in [0.717, 1.165) is 56.9 Å². The first kappa shape index (κ1) is 22.3. The van der Waals surface area contributed by atoms with E-state index in [2.05, 4.69) is 20.9 Å². The van der Waals surface area contributed by atoms with E-state index in [4.69, 9.17) is 10.00 Å². The number of nitriles is 1. The molecule has 1 aromatic carbocycles. The Balaban J connectivity index is 1.19. The van der Waals surface area contributed by atoms with E-state index < -0.39 is 11.7 Å². The molecule has 0 bridgehead atoms. The van der Waals surface area contributed by atoms with Crippen molar-refractivity contribution in [3.05, 3.63) is 47.8 Å². The molecule has 1 saturated heterocycles. The van der Waals surface area contributed by atoms with Crippen LogP contribution < -0.4 is 9.64 Å². The van der Waals surface area contributed by atoms with Crippen molar-refractivity contribution in [1.82, 2.24) is 14.9 Å². The SMILES string of the molecule is N#Cc1ccc(OCC2CCC(N3CCN(c4ncc(C(F)(F)F)cn4)CC3)CC2)cc1. The maximum absolute atomic E-state index is 12.7. The summed E-state index contributed by atoms with van der Waals surface area (Å²) in [5, 5.41) is 8.86. The molecule has 9 heteroatoms. The molecule has 6 nitrogen and oxygen atoms in total. The minimum Gasteiger partial charge on any atom is -0.493 e. The van der Waals surface area contributed by atoms with Crippen molar-refractivity contribution in [3.63, 3.8) is 0 Å². The fourth-order valence-electron chi connectivity index (χ4n) is 4.43. The minimum absolute atomic E-state index is 0.362. The number of halogens is 3. The summed E-state index contributed by atoms with van der Waals surface area (Å²) in [6.45, 7) is 3.85. The minimum atomic E-state index is -4.41. The van der Waals surface area contributed by atoms with Crippen molar-refractivity contribution in [1.29, 1.82) is 5.26 Å². The Morgan fingerprint density at radius 2 is 1.59 bits per heavy atom. The first-order chi connectivity index (χ1) is 15.4. The average molecular weight is 445 g/mol. The van der Waals surface area contributed by atoms with E-state index in [1.807, 2.05) is 17.0 Å². The Kier molecular flexibility index (Phi) is 6.80. The molecule has 0 radical (unpaired) electrons. The second-order valence-corrected chi connectivity index (χ2v) is 8.41. The van der Waals surface area contributed by atoms with Gasteiger partial charge in [0.05, 0.1) is 23.8 Å². The molecule has 1 saturated carbocycles. The number of benzene rings is 1. The molecular formula is C23H26F3N5O. The van der Waals surface area contributed by atoms with E-state index in [0.29, 0.717) is 43.2 Å². The van der Waals surface area contributed by atoms with Crippen LogP contribution in [0, 0.1) is 17.2 Å². The zero-order chi connectivity index (χ0) is 22.6. The lowest BCUT2D eigenvalue weighted by molar-refractivity contribution is -0.138. The van der Waals surface area contributed by atoms with Crippen LogP contribution in [0.15, 0.2) is 36.7 Å². The van der Waals surface area contributed by atoms with Crippen molar-refractivity contribution < 1.29 is 17.9 Å². The van der Waals surface area contributed by atoms with Crippen LogP contribution in [0.3, 0.4) is 0 Å². The number of anilines is 1. The van der Waals surface area contributed by atoms with Crippen molar-refractivity contribution in [2.45, 2.75) is 37.9 Å². The molecule has 0 N–H and O–H groups in total.